The van der Waals surface area contributed by atoms with Gasteiger partial charge in [0.2, 0.25) is 0 Å². The molecule has 2 nitrogen and oxygen atoms in total. The lowest BCUT2D eigenvalue weighted by Gasteiger charge is -2.07. The van der Waals surface area contributed by atoms with Crippen molar-refractivity contribution in [2.75, 3.05) is 13.7 Å². The van der Waals surface area contributed by atoms with Crippen molar-refractivity contribution >= 4 is 11.8 Å². The summed E-state index contributed by atoms with van der Waals surface area (Å²) < 4.78 is 18.4. The smallest absolute Gasteiger partial charge is 0.134 e. The van der Waals surface area contributed by atoms with Crippen LogP contribution in [-0.4, -0.2) is 18.8 Å². The van der Waals surface area contributed by atoms with E-state index in [1.807, 2.05) is 24.3 Å². The highest BCUT2D eigenvalue weighted by molar-refractivity contribution is 7.98. The first kappa shape index (κ1) is 15.4. The Labute approximate surface area is 128 Å². The van der Waals surface area contributed by atoms with Crippen LogP contribution in [-0.2, 0) is 5.75 Å². The fourth-order valence-electron chi connectivity index (χ4n) is 1.80. The van der Waals surface area contributed by atoms with E-state index in [9.17, 15) is 4.39 Å². The van der Waals surface area contributed by atoms with Crippen molar-refractivity contribution in [2.45, 2.75) is 10.6 Å². The maximum atomic E-state index is 13.1. The molecule has 2 rings (SSSR count). The summed E-state index contributed by atoms with van der Waals surface area (Å²) in [7, 11) is 1.58. The van der Waals surface area contributed by atoms with Crippen LogP contribution in [0.25, 0.3) is 0 Å². The van der Waals surface area contributed by atoms with Gasteiger partial charge in [-0.25, -0.2) is 4.39 Å². The summed E-state index contributed by atoms with van der Waals surface area (Å²) in [5.41, 5.74) is 1.80. The molecule has 0 aliphatic carbocycles. The molecule has 0 heterocycles. The molecule has 4 heteroatoms. The maximum absolute atomic E-state index is 13.1. The van der Waals surface area contributed by atoms with E-state index in [4.69, 9.17) is 9.84 Å². The van der Waals surface area contributed by atoms with Gasteiger partial charge < -0.3 is 9.84 Å². The largest absolute Gasteiger partial charge is 0.495 e. The molecular weight excluding hydrogens is 287 g/mol. The first-order valence-electron chi connectivity index (χ1n) is 6.38. The van der Waals surface area contributed by atoms with Crippen LogP contribution in [0.3, 0.4) is 0 Å². The minimum absolute atomic E-state index is 0.189. The van der Waals surface area contributed by atoms with Gasteiger partial charge in [0.25, 0.3) is 0 Å². The van der Waals surface area contributed by atoms with Gasteiger partial charge in [-0.05, 0) is 35.9 Å². The minimum Gasteiger partial charge on any atom is -0.495 e. The Balaban J connectivity index is 2.13. The van der Waals surface area contributed by atoms with Crippen LogP contribution >= 0.6 is 11.8 Å². The predicted octanol–water partition coefficient (Wildman–Crippen LogP) is 3.47. The molecule has 0 radical (unpaired) electrons. The maximum Gasteiger partial charge on any atom is 0.134 e. The molecule has 0 saturated heterocycles. The van der Waals surface area contributed by atoms with Crippen molar-refractivity contribution in [2.24, 2.45) is 0 Å². The zero-order chi connectivity index (χ0) is 15.1. The molecule has 0 bridgehead atoms. The number of rotatable bonds is 4. The van der Waals surface area contributed by atoms with Crippen LogP contribution in [0.4, 0.5) is 4.39 Å². The summed E-state index contributed by atoms with van der Waals surface area (Å²) in [6.45, 7) is -0.189. The van der Waals surface area contributed by atoms with Gasteiger partial charge in [0, 0.05) is 10.6 Å². The zero-order valence-electron chi connectivity index (χ0n) is 11.6. The highest BCUT2D eigenvalue weighted by Gasteiger charge is 2.03. The molecule has 0 atom stereocenters. The number of aliphatic hydroxyl groups excluding tert-OH is 1. The summed E-state index contributed by atoms with van der Waals surface area (Å²) in [6.07, 6.45) is 0. The Kier molecular flexibility index (Phi) is 5.68. The number of methoxy groups -OCH3 is 1. The molecule has 0 spiro atoms. The summed E-state index contributed by atoms with van der Waals surface area (Å²) in [6, 6.07) is 12.3. The molecule has 0 amide bonds. The summed E-state index contributed by atoms with van der Waals surface area (Å²) >= 11 is 1.56. The molecule has 108 valence electrons. The SMILES string of the molecule is COc1ccc(CSc2cccc(F)c2)cc1C#CCO. The Hall–Kier alpha value is -1.96. The van der Waals surface area contributed by atoms with E-state index in [2.05, 4.69) is 11.8 Å². The zero-order valence-corrected chi connectivity index (χ0v) is 12.4. The number of thioether (sulfide) groups is 1. The normalized spacial score (nSPS) is 9.86. The predicted molar refractivity (Wildman–Crippen MR) is 82.9 cm³/mol. The average Bonchev–Trinajstić information content (AvgIpc) is 2.51. The Bertz CT molecular complexity index is 674. The summed E-state index contributed by atoms with van der Waals surface area (Å²) in [5.74, 6) is 6.64. The van der Waals surface area contributed by atoms with Gasteiger partial charge in [-0.2, -0.15) is 0 Å². The third kappa shape index (κ3) is 4.52. The molecule has 0 unspecified atom stereocenters. The van der Waals surface area contributed by atoms with Gasteiger partial charge in [-0.3, -0.25) is 0 Å². The van der Waals surface area contributed by atoms with Crippen LogP contribution in [0.15, 0.2) is 47.4 Å². The Morgan fingerprint density at radius 2 is 2.10 bits per heavy atom. The second-order valence-corrected chi connectivity index (χ2v) is 5.29. The monoisotopic (exact) mass is 302 g/mol. The van der Waals surface area contributed by atoms with Gasteiger partial charge in [-0.1, -0.05) is 24.0 Å². The lowest BCUT2D eigenvalue weighted by atomic mass is 10.1. The number of ether oxygens (including phenoxy) is 1. The number of hydrogen-bond donors (Lipinski definition) is 1. The molecule has 0 fully saturated rings. The molecular formula is C17H15FO2S. The quantitative estimate of drug-likeness (QED) is 0.693. The van der Waals surface area contributed by atoms with Crippen LogP contribution < -0.4 is 4.74 Å². The van der Waals surface area contributed by atoms with Gasteiger partial charge in [0.15, 0.2) is 0 Å². The molecule has 0 saturated carbocycles. The summed E-state index contributed by atoms with van der Waals surface area (Å²) in [4.78, 5) is 0.883. The van der Waals surface area contributed by atoms with Crippen molar-refractivity contribution in [1.29, 1.82) is 0 Å². The number of aliphatic hydroxyl groups is 1. The van der Waals surface area contributed by atoms with E-state index >= 15 is 0 Å². The van der Waals surface area contributed by atoms with Gasteiger partial charge in [0.1, 0.15) is 18.2 Å². The van der Waals surface area contributed by atoms with Crippen molar-refractivity contribution in [3.05, 3.63) is 59.4 Å². The van der Waals surface area contributed by atoms with Crippen molar-refractivity contribution in [3.63, 3.8) is 0 Å². The minimum atomic E-state index is -0.232. The Morgan fingerprint density at radius 3 is 2.81 bits per heavy atom. The highest BCUT2D eigenvalue weighted by Crippen LogP contribution is 2.26. The lowest BCUT2D eigenvalue weighted by molar-refractivity contribution is 0.350. The molecule has 0 aliphatic heterocycles. The fraction of sp³-hybridized carbons (Fsp3) is 0.176. The first-order chi connectivity index (χ1) is 10.2. The molecule has 2 aromatic carbocycles. The lowest BCUT2D eigenvalue weighted by Crippen LogP contribution is -1.91. The second kappa shape index (κ2) is 7.72. The first-order valence-corrected chi connectivity index (χ1v) is 7.36. The van der Waals surface area contributed by atoms with E-state index < -0.39 is 0 Å². The summed E-state index contributed by atoms with van der Waals surface area (Å²) in [5, 5.41) is 8.78. The number of hydrogen-bond acceptors (Lipinski definition) is 3. The van der Waals surface area contributed by atoms with Crippen molar-refractivity contribution < 1.29 is 14.2 Å². The van der Waals surface area contributed by atoms with Gasteiger partial charge in [0.05, 0.1) is 12.7 Å². The Morgan fingerprint density at radius 1 is 1.24 bits per heavy atom. The van der Waals surface area contributed by atoms with Crippen LogP contribution in [0.2, 0.25) is 0 Å². The fourth-order valence-corrected chi connectivity index (χ4v) is 2.68. The molecule has 1 N–H and O–H groups in total. The van der Waals surface area contributed by atoms with Gasteiger partial charge in [-0.15, -0.1) is 11.8 Å². The van der Waals surface area contributed by atoms with Gasteiger partial charge >= 0.3 is 0 Å². The second-order valence-electron chi connectivity index (χ2n) is 4.24. The van der Waals surface area contributed by atoms with E-state index in [1.54, 1.807) is 24.9 Å². The standard InChI is InChI=1S/C17H15FO2S/c1-20-17-8-7-13(10-14(17)4-3-9-19)12-21-16-6-2-5-15(18)11-16/h2,5-8,10-11,19H,9,12H2,1H3. The third-order valence-corrected chi connectivity index (χ3v) is 3.83. The molecule has 2 aromatic rings. The van der Waals surface area contributed by atoms with Crippen LogP contribution in [0.5, 0.6) is 5.75 Å². The van der Waals surface area contributed by atoms with E-state index in [0.29, 0.717) is 11.5 Å². The molecule has 0 aromatic heterocycles. The van der Waals surface area contributed by atoms with Crippen LogP contribution in [0.1, 0.15) is 11.1 Å². The number of benzene rings is 2. The number of halogens is 1. The third-order valence-electron chi connectivity index (χ3n) is 2.77. The molecule has 0 aliphatic rings. The van der Waals surface area contributed by atoms with E-state index in [1.165, 1.54) is 12.1 Å². The van der Waals surface area contributed by atoms with E-state index in [0.717, 1.165) is 16.0 Å². The van der Waals surface area contributed by atoms with Crippen molar-refractivity contribution in [3.8, 4) is 17.6 Å². The highest BCUT2D eigenvalue weighted by atomic mass is 32.2. The van der Waals surface area contributed by atoms with E-state index in [-0.39, 0.29) is 12.4 Å². The topological polar surface area (TPSA) is 29.5 Å². The molecule has 21 heavy (non-hydrogen) atoms. The van der Waals surface area contributed by atoms with Crippen LogP contribution in [0, 0.1) is 17.7 Å². The average molecular weight is 302 g/mol. The van der Waals surface area contributed by atoms with Crippen molar-refractivity contribution in [1.82, 2.24) is 0 Å².